The van der Waals surface area contributed by atoms with Crippen molar-refractivity contribution in [1.29, 1.82) is 0 Å². The highest BCUT2D eigenvalue weighted by Gasteiger charge is 2.37. The lowest BCUT2D eigenvalue weighted by atomic mass is 10.1. The Morgan fingerprint density at radius 1 is 1.24 bits per heavy atom. The quantitative estimate of drug-likeness (QED) is 0.645. The van der Waals surface area contributed by atoms with E-state index in [0.717, 1.165) is 30.7 Å². The molecule has 2 aromatic rings. The SMILES string of the molecule is NC(O)c1c(Cl)c(C2CC2)n2c1CN(C(=O)Nc1ccc(C(F)(F)F)cc1)CC2. The van der Waals surface area contributed by atoms with Gasteiger partial charge in [-0.1, -0.05) is 11.6 Å². The van der Waals surface area contributed by atoms with Gasteiger partial charge in [-0.05, 0) is 37.1 Å². The molecule has 0 spiro atoms. The molecule has 29 heavy (non-hydrogen) atoms. The van der Waals surface area contributed by atoms with E-state index in [9.17, 15) is 23.1 Å². The van der Waals surface area contributed by atoms with Gasteiger partial charge in [-0.3, -0.25) is 0 Å². The zero-order chi connectivity index (χ0) is 20.9. The number of carbonyl (C=O) groups excluding carboxylic acids is 1. The molecule has 1 fully saturated rings. The molecule has 1 aliphatic heterocycles. The average Bonchev–Trinajstić information content (AvgIpc) is 3.43. The Bertz CT molecular complexity index is 936. The molecule has 6 nitrogen and oxygen atoms in total. The molecule has 1 unspecified atom stereocenters. The Morgan fingerprint density at radius 3 is 2.45 bits per heavy atom. The van der Waals surface area contributed by atoms with Crippen LogP contribution in [-0.4, -0.2) is 27.1 Å². The monoisotopic (exact) mass is 428 g/mol. The van der Waals surface area contributed by atoms with Crippen LogP contribution in [0.5, 0.6) is 0 Å². The molecule has 0 bridgehead atoms. The highest BCUT2D eigenvalue weighted by atomic mass is 35.5. The number of aliphatic hydroxyl groups is 1. The van der Waals surface area contributed by atoms with Crippen LogP contribution in [0.4, 0.5) is 23.7 Å². The zero-order valence-electron chi connectivity index (χ0n) is 15.3. The smallest absolute Gasteiger partial charge is 0.374 e. The highest BCUT2D eigenvalue weighted by Crippen LogP contribution is 2.47. The number of benzene rings is 1. The van der Waals surface area contributed by atoms with Crippen LogP contribution < -0.4 is 11.1 Å². The normalized spacial score (nSPS) is 17.8. The minimum Gasteiger partial charge on any atom is -0.374 e. The van der Waals surface area contributed by atoms with Gasteiger partial charge in [-0.2, -0.15) is 13.2 Å². The lowest BCUT2D eigenvalue weighted by molar-refractivity contribution is -0.137. The van der Waals surface area contributed by atoms with Gasteiger partial charge in [-0.25, -0.2) is 4.79 Å². The first-order valence-electron chi connectivity index (χ1n) is 9.24. The fourth-order valence-corrected chi connectivity index (χ4v) is 4.23. The van der Waals surface area contributed by atoms with Crippen LogP contribution in [0.25, 0.3) is 0 Å². The number of halogens is 4. The predicted octanol–water partition coefficient (Wildman–Crippen LogP) is 4.04. The lowest BCUT2D eigenvalue weighted by Gasteiger charge is -2.30. The van der Waals surface area contributed by atoms with Crippen molar-refractivity contribution in [3.63, 3.8) is 0 Å². The molecule has 2 amide bonds. The molecule has 10 heteroatoms. The van der Waals surface area contributed by atoms with Crippen molar-refractivity contribution in [2.45, 2.75) is 44.3 Å². The largest absolute Gasteiger partial charge is 0.416 e. The fourth-order valence-electron chi connectivity index (χ4n) is 3.76. The van der Waals surface area contributed by atoms with Gasteiger partial charge in [0.25, 0.3) is 0 Å². The second-order valence-electron chi connectivity index (χ2n) is 7.36. The summed E-state index contributed by atoms with van der Waals surface area (Å²) in [6.45, 7) is 1.11. The molecule has 1 aromatic heterocycles. The van der Waals surface area contributed by atoms with E-state index < -0.39 is 24.0 Å². The summed E-state index contributed by atoms with van der Waals surface area (Å²) in [6.07, 6.45) is -3.63. The maximum Gasteiger partial charge on any atom is 0.416 e. The number of aromatic nitrogens is 1. The number of anilines is 1. The molecule has 0 saturated heterocycles. The number of carbonyl (C=O) groups is 1. The molecule has 156 valence electrons. The first-order chi connectivity index (χ1) is 13.7. The minimum atomic E-state index is -4.43. The van der Waals surface area contributed by atoms with Gasteiger partial charge in [0.1, 0.15) is 6.23 Å². The van der Waals surface area contributed by atoms with Crippen molar-refractivity contribution < 1.29 is 23.1 Å². The molecule has 1 saturated carbocycles. The molecule has 1 aromatic carbocycles. The van der Waals surface area contributed by atoms with Crippen LogP contribution in [-0.2, 0) is 19.3 Å². The average molecular weight is 429 g/mol. The maximum absolute atomic E-state index is 12.7. The van der Waals surface area contributed by atoms with E-state index >= 15 is 0 Å². The van der Waals surface area contributed by atoms with Crippen molar-refractivity contribution in [1.82, 2.24) is 9.47 Å². The summed E-state index contributed by atoms with van der Waals surface area (Å²) in [6, 6.07) is 3.82. The summed E-state index contributed by atoms with van der Waals surface area (Å²) in [7, 11) is 0. The van der Waals surface area contributed by atoms with E-state index in [-0.39, 0.29) is 12.2 Å². The lowest BCUT2D eigenvalue weighted by Crippen LogP contribution is -2.41. The second kappa shape index (κ2) is 7.23. The first kappa shape index (κ1) is 20.1. The molecule has 1 aliphatic carbocycles. The van der Waals surface area contributed by atoms with Gasteiger partial charge in [-0.15, -0.1) is 0 Å². The van der Waals surface area contributed by atoms with E-state index in [2.05, 4.69) is 5.32 Å². The first-order valence-corrected chi connectivity index (χ1v) is 9.62. The van der Waals surface area contributed by atoms with Gasteiger partial charge < -0.3 is 25.6 Å². The summed E-state index contributed by atoms with van der Waals surface area (Å²) in [5.41, 5.74) is 7.28. The number of amides is 2. The van der Waals surface area contributed by atoms with Gasteiger partial charge >= 0.3 is 12.2 Å². The van der Waals surface area contributed by atoms with Crippen LogP contribution in [0.3, 0.4) is 0 Å². The van der Waals surface area contributed by atoms with E-state index in [4.69, 9.17) is 17.3 Å². The summed E-state index contributed by atoms with van der Waals surface area (Å²) in [5.74, 6) is 0.348. The summed E-state index contributed by atoms with van der Waals surface area (Å²) >= 11 is 6.49. The molecule has 4 rings (SSSR count). The molecule has 0 radical (unpaired) electrons. The molecule has 2 heterocycles. The standard InChI is InChI=1S/C19H20ClF3N4O2/c20-15-14(17(24)28)13-9-26(7-8-27(13)16(15)10-1-2-10)18(29)25-12-5-3-11(4-6-12)19(21,22)23/h3-6,10,17,28H,1-2,7-9,24H2,(H,25,29). The number of hydrogen-bond donors (Lipinski definition) is 3. The summed E-state index contributed by atoms with van der Waals surface area (Å²) < 4.78 is 40.1. The summed E-state index contributed by atoms with van der Waals surface area (Å²) in [5, 5.41) is 13.1. The number of nitrogens with two attached hydrogens (primary N) is 1. The van der Waals surface area contributed by atoms with Crippen LogP contribution in [0.2, 0.25) is 5.02 Å². The number of hydrogen-bond acceptors (Lipinski definition) is 3. The maximum atomic E-state index is 12.7. The van der Waals surface area contributed by atoms with Crippen LogP contribution in [0, 0.1) is 0 Å². The van der Waals surface area contributed by atoms with Gasteiger partial charge in [0.2, 0.25) is 0 Å². The molecule has 4 N–H and O–H groups in total. The molecule has 2 aliphatic rings. The third-order valence-corrected chi connectivity index (χ3v) is 5.73. The third kappa shape index (κ3) is 3.82. The second-order valence-corrected chi connectivity index (χ2v) is 7.74. The Kier molecular flexibility index (Phi) is 5.00. The topological polar surface area (TPSA) is 83.5 Å². The van der Waals surface area contributed by atoms with E-state index in [0.29, 0.717) is 35.3 Å². The Hall–Kier alpha value is -2.23. The minimum absolute atomic E-state index is 0.197. The number of fused-ring (bicyclic) bond motifs is 1. The molecular formula is C19H20ClF3N4O2. The van der Waals surface area contributed by atoms with Crippen molar-refractivity contribution in [2.24, 2.45) is 5.73 Å². The Morgan fingerprint density at radius 2 is 1.90 bits per heavy atom. The number of aliphatic hydroxyl groups excluding tert-OH is 1. The number of alkyl halides is 3. The van der Waals surface area contributed by atoms with Crippen LogP contribution in [0.1, 0.15) is 47.5 Å². The van der Waals surface area contributed by atoms with Gasteiger partial charge in [0.15, 0.2) is 0 Å². The van der Waals surface area contributed by atoms with E-state index in [1.165, 1.54) is 17.0 Å². The number of rotatable bonds is 3. The van der Waals surface area contributed by atoms with Crippen LogP contribution >= 0.6 is 11.6 Å². The molecular weight excluding hydrogens is 409 g/mol. The van der Waals surface area contributed by atoms with Crippen molar-refractivity contribution >= 4 is 23.3 Å². The highest BCUT2D eigenvalue weighted by molar-refractivity contribution is 6.32. The number of urea groups is 1. The van der Waals surface area contributed by atoms with E-state index in [1.807, 2.05) is 4.57 Å². The predicted molar refractivity (Wildman–Crippen MR) is 101 cm³/mol. The van der Waals surface area contributed by atoms with Crippen molar-refractivity contribution in [3.05, 3.63) is 51.8 Å². The van der Waals surface area contributed by atoms with E-state index in [1.54, 1.807) is 0 Å². The van der Waals surface area contributed by atoms with Gasteiger partial charge in [0.05, 0.1) is 17.1 Å². The Labute approximate surface area is 170 Å². The fraction of sp³-hybridized carbons (Fsp3) is 0.421. The third-order valence-electron chi connectivity index (χ3n) is 5.33. The van der Waals surface area contributed by atoms with Crippen molar-refractivity contribution in [2.75, 3.05) is 11.9 Å². The Balaban J connectivity index is 1.52. The van der Waals surface area contributed by atoms with Crippen LogP contribution in [0.15, 0.2) is 24.3 Å². The number of nitrogens with one attached hydrogen (secondary N) is 1. The molecule has 1 atom stereocenters. The van der Waals surface area contributed by atoms with Crippen molar-refractivity contribution in [3.8, 4) is 0 Å². The summed E-state index contributed by atoms with van der Waals surface area (Å²) in [4.78, 5) is 14.2. The zero-order valence-corrected chi connectivity index (χ0v) is 16.1. The van der Waals surface area contributed by atoms with Gasteiger partial charge in [0, 0.05) is 41.6 Å². The number of nitrogens with zero attached hydrogens (tertiary/aromatic N) is 2.